The lowest BCUT2D eigenvalue weighted by Crippen LogP contribution is -2.42. The van der Waals surface area contributed by atoms with Gasteiger partial charge in [-0.05, 0) is 37.1 Å². The summed E-state index contributed by atoms with van der Waals surface area (Å²) >= 11 is 0. The molecule has 1 fully saturated rings. The van der Waals surface area contributed by atoms with Gasteiger partial charge in [0.15, 0.2) is 0 Å². The number of anilines is 2. The van der Waals surface area contributed by atoms with Crippen molar-refractivity contribution < 1.29 is 17.7 Å². The Morgan fingerprint density at radius 1 is 1.31 bits per heavy atom. The van der Waals surface area contributed by atoms with E-state index in [9.17, 15) is 22.9 Å². The summed E-state index contributed by atoms with van der Waals surface area (Å²) in [7, 11) is -4.12. The van der Waals surface area contributed by atoms with E-state index in [0.717, 1.165) is 12.5 Å². The van der Waals surface area contributed by atoms with E-state index in [1.165, 1.54) is 24.3 Å². The highest BCUT2D eigenvalue weighted by Gasteiger charge is 2.24. The third kappa shape index (κ3) is 4.79. The van der Waals surface area contributed by atoms with Crippen LogP contribution in [-0.2, 0) is 10.0 Å². The summed E-state index contributed by atoms with van der Waals surface area (Å²) in [5.74, 6) is -0.503. The van der Waals surface area contributed by atoms with Gasteiger partial charge in [-0.15, -0.1) is 0 Å². The average Bonchev–Trinajstić information content (AvgIpc) is 2.67. The zero-order valence-electron chi connectivity index (χ0n) is 15.2. The normalized spacial score (nSPS) is 16.9. The molecule has 1 saturated heterocycles. The average molecular weight is 419 g/mol. The summed E-state index contributed by atoms with van der Waals surface area (Å²) in [5, 5.41) is 28.2. The van der Waals surface area contributed by atoms with Crippen molar-refractivity contribution in [2.24, 2.45) is 5.14 Å². The van der Waals surface area contributed by atoms with Gasteiger partial charge in [-0.1, -0.05) is 0 Å². The van der Waals surface area contributed by atoms with Crippen LogP contribution in [-0.4, -0.2) is 32.5 Å². The van der Waals surface area contributed by atoms with Gasteiger partial charge in [0.1, 0.15) is 5.82 Å². The quantitative estimate of drug-likeness (QED) is 0.559. The molecule has 0 bridgehead atoms. The predicted octanol–water partition coefficient (Wildman–Crippen LogP) is 2.33. The number of nitrogens with zero attached hydrogens (tertiary/aromatic N) is 3. The number of rotatable bonds is 5. The molecule has 0 amide bonds. The van der Waals surface area contributed by atoms with Gasteiger partial charge in [0.05, 0.1) is 27.1 Å². The number of nitrogens with one attached hydrogen (secondary N) is 1. The topological polar surface area (TPSA) is 142 Å². The lowest BCUT2D eigenvalue weighted by Gasteiger charge is -2.35. The molecule has 3 rings (SSSR count). The van der Waals surface area contributed by atoms with Crippen molar-refractivity contribution in [1.82, 2.24) is 0 Å². The smallest absolute Gasteiger partial charge is 0.272 e. The van der Waals surface area contributed by atoms with Crippen LogP contribution >= 0.6 is 0 Å². The van der Waals surface area contributed by atoms with Crippen molar-refractivity contribution in [3.63, 3.8) is 0 Å². The van der Waals surface area contributed by atoms with Gasteiger partial charge < -0.3 is 10.2 Å². The van der Waals surface area contributed by atoms with Crippen LogP contribution < -0.4 is 15.4 Å². The Bertz CT molecular complexity index is 1100. The van der Waals surface area contributed by atoms with Crippen molar-refractivity contribution in [2.45, 2.75) is 23.8 Å². The second kappa shape index (κ2) is 8.02. The molecule has 11 heteroatoms. The molecular formula is C18H18FN5O4S. The third-order valence-corrected chi connectivity index (χ3v) is 5.53. The predicted molar refractivity (Wildman–Crippen MR) is 104 cm³/mol. The molecule has 9 nitrogen and oxygen atoms in total. The van der Waals surface area contributed by atoms with Crippen molar-refractivity contribution >= 4 is 27.1 Å². The summed E-state index contributed by atoms with van der Waals surface area (Å²) in [5.41, 5.74) is 0.435. The minimum atomic E-state index is -4.12. The number of nitriles is 1. The van der Waals surface area contributed by atoms with Gasteiger partial charge in [0.25, 0.3) is 5.69 Å². The Morgan fingerprint density at radius 2 is 2.07 bits per heavy atom. The zero-order valence-corrected chi connectivity index (χ0v) is 16.0. The SMILES string of the molecule is N#Cc1ccc(N2CCCC(Nc3cc([N+](=O)[O-])cc(S(N)(=O)=O)c3)C2)c(F)c1. The van der Waals surface area contributed by atoms with Crippen LogP contribution in [0, 0.1) is 27.3 Å². The van der Waals surface area contributed by atoms with Crippen LogP contribution in [0.2, 0.25) is 0 Å². The number of nitro groups is 1. The molecule has 152 valence electrons. The van der Waals surface area contributed by atoms with Gasteiger partial charge in [-0.3, -0.25) is 10.1 Å². The highest BCUT2D eigenvalue weighted by molar-refractivity contribution is 7.89. The van der Waals surface area contributed by atoms with E-state index < -0.39 is 26.5 Å². The number of primary sulfonamides is 1. The maximum Gasteiger partial charge on any atom is 0.272 e. The van der Waals surface area contributed by atoms with E-state index in [-0.39, 0.29) is 22.2 Å². The first kappa shape index (κ1) is 20.5. The van der Waals surface area contributed by atoms with Crippen LogP contribution in [0.15, 0.2) is 41.3 Å². The lowest BCUT2D eigenvalue weighted by molar-refractivity contribution is -0.385. The number of halogens is 1. The maximum atomic E-state index is 14.3. The van der Waals surface area contributed by atoms with Crippen LogP contribution in [0.4, 0.5) is 21.5 Å². The van der Waals surface area contributed by atoms with Crippen LogP contribution in [0.25, 0.3) is 0 Å². The fourth-order valence-corrected chi connectivity index (χ4v) is 3.89. The summed E-state index contributed by atoms with van der Waals surface area (Å²) in [4.78, 5) is 11.9. The van der Waals surface area contributed by atoms with Crippen LogP contribution in [0.5, 0.6) is 0 Å². The Hall–Kier alpha value is -3.23. The Kier molecular flexibility index (Phi) is 5.67. The molecule has 0 radical (unpaired) electrons. The monoisotopic (exact) mass is 419 g/mol. The number of sulfonamides is 1. The molecule has 1 aliphatic rings. The minimum Gasteiger partial charge on any atom is -0.380 e. The number of nitro benzene ring substituents is 1. The van der Waals surface area contributed by atoms with Gasteiger partial charge in [0.2, 0.25) is 10.0 Å². The van der Waals surface area contributed by atoms with Gasteiger partial charge in [-0.25, -0.2) is 17.9 Å². The number of hydrogen-bond donors (Lipinski definition) is 2. The molecule has 0 spiro atoms. The molecule has 0 aromatic heterocycles. The molecule has 1 atom stereocenters. The van der Waals surface area contributed by atoms with E-state index in [2.05, 4.69) is 5.32 Å². The zero-order chi connectivity index (χ0) is 21.2. The second-order valence-electron chi connectivity index (χ2n) is 6.73. The van der Waals surface area contributed by atoms with Gasteiger partial charge >= 0.3 is 0 Å². The lowest BCUT2D eigenvalue weighted by atomic mass is 10.0. The summed E-state index contributed by atoms with van der Waals surface area (Å²) in [6, 6.07) is 9.31. The molecular weight excluding hydrogens is 401 g/mol. The first-order valence-electron chi connectivity index (χ1n) is 8.71. The second-order valence-corrected chi connectivity index (χ2v) is 8.29. The van der Waals surface area contributed by atoms with Crippen molar-refractivity contribution in [1.29, 1.82) is 5.26 Å². The van der Waals surface area contributed by atoms with Gasteiger partial charge in [0, 0.05) is 37.0 Å². The Morgan fingerprint density at radius 3 is 2.69 bits per heavy atom. The molecule has 3 N–H and O–H groups in total. The molecule has 29 heavy (non-hydrogen) atoms. The molecule has 1 aliphatic heterocycles. The molecule has 1 unspecified atom stereocenters. The van der Waals surface area contributed by atoms with E-state index in [1.807, 2.05) is 11.0 Å². The summed E-state index contributed by atoms with van der Waals surface area (Å²) in [6.07, 6.45) is 1.44. The standard InChI is InChI=1S/C18H18FN5O4S/c19-17-6-12(10-20)3-4-18(17)23-5-1-2-13(11-23)22-14-7-15(24(25)26)9-16(8-14)29(21,27)28/h3-4,6-9,13,22H,1-2,5,11H2,(H2,21,27,28). The van der Waals surface area contributed by atoms with E-state index in [4.69, 9.17) is 10.4 Å². The minimum absolute atomic E-state index is 0.200. The molecule has 2 aromatic rings. The maximum absolute atomic E-state index is 14.3. The van der Waals surface area contributed by atoms with Crippen molar-refractivity contribution in [2.75, 3.05) is 23.3 Å². The fraction of sp³-hybridized carbons (Fsp3) is 0.278. The van der Waals surface area contributed by atoms with Crippen molar-refractivity contribution in [3.8, 4) is 6.07 Å². The number of nitrogens with two attached hydrogens (primary N) is 1. The highest BCUT2D eigenvalue weighted by atomic mass is 32.2. The molecule has 0 saturated carbocycles. The molecule has 0 aliphatic carbocycles. The largest absolute Gasteiger partial charge is 0.380 e. The van der Waals surface area contributed by atoms with Crippen LogP contribution in [0.1, 0.15) is 18.4 Å². The van der Waals surface area contributed by atoms with Gasteiger partial charge in [-0.2, -0.15) is 5.26 Å². The van der Waals surface area contributed by atoms with E-state index in [1.54, 1.807) is 6.07 Å². The number of non-ortho nitro benzene ring substituents is 1. The Balaban J connectivity index is 1.83. The first-order chi connectivity index (χ1) is 13.7. The summed E-state index contributed by atoms with van der Waals surface area (Å²) in [6.45, 7) is 1.01. The fourth-order valence-electron chi connectivity index (χ4n) is 3.32. The highest BCUT2D eigenvalue weighted by Crippen LogP contribution is 2.28. The molecule has 2 aromatic carbocycles. The first-order valence-corrected chi connectivity index (χ1v) is 10.3. The Labute approximate surface area is 166 Å². The third-order valence-electron chi connectivity index (χ3n) is 4.64. The number of piperidine rings is 1. The van der Waals surface area contributed by atoms with E-state index >= 15 is 0 Å². The van der Waals surface area contributed by atoms with Crippen molar-refractivity contribution in [3.05, 3.63) is 57.9 Å². The number of benzene rings is 2. The summed E-state index contributed by atoms with van der Waals surface area (Å²) < 4.78 is 37.6. The van der Waals surface area contributed by atoms with E-state index in [0.29, 0.717) is 25.2 Å². The van der Waals surface area contributed by atoms with Crippen LogP contribution in [0.3, 0.4) is 0 Å². The number of hydrogen-bond acceptors (Lipinski definition) is 7. The molecule has 1 heterocycles.